The molecule has 30 heavy (non-hydrogen) atoms. The molecule has 0 saturated carbocycles. The number of benzene rings is 1. The number of likely N-dealkylation sites (tertiary alicyclic amines) is 1. The standard InChI is InChI=1S/C22H22N2O4S2/c1-15-5-8-17(9-6-15)29-20-10-7-16(28-20)13-18-21(26)24(22(27)30-18)14-19(25)23-11-3-2-4-12-23/h5-10,13H,2-4,11-12,14H2,1H3/b18-13-. The Morgan fingerprint density at radius 2 is 1.83 bits per heavy atom. The van der Waals surface area contributed by atoms with Gasteiger partial charge in [-0.05, 0) is 62.2 Å². The van der Waals surface area contributed by atoms with Crippen molar-refractivity contribution < 1.29 is 18.8 Å². The van der Waals surface area contributed by atoms with Crippen molar-refractivity contribution in [3.8, 4) is 0 Å². The van der Waals surface area contributed by atoms with Gasteiger partial charge in [-0.25, -0.2) is 0 Å². The van der Waals surface area contributed by atoms with Crippen LogP contribution in [0.1, 0.15) is 30.6 Å². The van der Waals surface area contributed by atoms with E-state index in [2.05, 4.69) is 0 Å². The number of piperidine rings is 1. The molecule has 0 N–H and O–H groups in total. The zero-order valence-corrected chi connectivity index (χ0v) is 18.3. The molecular formula is C22H22N2O4S2. The number of amides is 3. The molecule has 2 aliphatic rings. The van der Waals surface area contributed by atoms with Crippen LogP contribution in [-0.4, -0.2) is 46.5 Å². The van der Waals surface area contributed by atoms with E-state index in [0.717, 1.165) is 40.8 Å². The van der Waals surface area contributed by atoms with Crippen molar-refractivity contribution in [2.45, 2.75) is 36.2 Å². The van der Waals surface area contributed by atoms with Crippen LogP contribution >= 0.6 is 23.5 Å². The maximum atomic E-state index is 12.7. The highest BCUT2D eigenvalue weighted by Crippen LogP contribution is 2.34. The number of thioether (sulfide) groups is 1. The van der Waals surface area contributed by atoms with Gasteiger partial charge in [0.05, 0.1) is 4.91 Å². The summed E-state index contributed by atoms with van der Waals surface area (Å²) >= 11 is 2.33. The molecule has 1 aromatic carbocycles. The second-order valence-electron chi connectivity index (χ2n) is 7.28. The molecule has 2 aromatic rings. The number of nitrogens with zero attached hydrogens (tertiary/aromatic N) is 2. The minimum Gasteiger partial charge on any atom is -0.450 e. The molecule has 1 aromatic heterocycles. The van der Waals surface area contributed by atoms with E-state index >= 15 is 0 Å². The fraction of sp³-hybridized carbons (Fsp3) is 0.318. The summed E-state index contributed by atoms with van der Waals surface area (Å²) in [6, 6.07) is 11.7. The first-order chi connectivity index (χ1) is 14.5. The molecule has 4 rings (SSSR count). The summed E-state index contributed by atoms with van der Waals surface area (Å²) < 4.78 is 5.79. The van der Waals surface area contributed by atoms with E-state index in [1.54, 1.807) is 17.0 Å². The third-order valence-electron chi connectivity index (χ3n) is 4.99. The van der Waals surface area contributed by atoms with Crippen LogP contribution in [-0.2, 0) is 9.59 Å². The third-order valence-corrected chi connectivity index (χ3v) is 6.83. The predicted octanol–water partition coefficient (Wildman–Crippen LogP) is 4.79. The van der Waals surface area contributed by atoms with Gasteiger partial charge >= 0.3 is 0 Å². The van der Waals surface area contributed by atoms with Gasteiger partial charge in [0.25, 0.3) is 11.1 Å². The highest BCUT2D eigenvalue weighted by molar-refractivity contribution is 8.18. The molecule has 0 spiro atoms. The van der Waals surface area contributed by atoms with E-state index in [9.17, 15) is 14.4 Å². The topological polar surface area (TPSA) is 70.8 Å². The SMILES string of the molecule is Cc1ccc(Sc2ccc(/C=C3\SC(=O)N(CC(=O)N4CCCCC4)C3=O)o2)cc1. The lowest BCUT2D eigenvalue weighted by molar-refractivity contribution is -0.136. The second-order valence-corrected chi connectivity index (χ2v) is 9.35. The molecule has 2 fully saturated rings. The van der Waals surface area contributed by atoms with Gasteiger partial charge in [-0.1, -0.05) is 29.5 Å². The van der Waals surface area contributed by atoms with E-state index in [1.807, 2.05) is 37.3 Å². The fourth-order valence-electron chi connectivity index (χ4n) is 3.33. The number of hydrogen-bond donors (Lipinski definition) is 0. The molecule has 0 atom stereocenters. The van der Waals surface area contributed by atoms with Crippen LogP contribution in [0, 0.1) is 6.92 Å². The van der Waals surface area contributed by atoms with E-state index in [0.29, 0.717) is 23.9 Å². The lowest BCUT2D eigenvalue weighted by Crippen LogP contribution is -2.44. The summed E-state index contributed by atoms with van der Waals surface area (Å²) in [5.41, 5.74) is 1.19. The maximum Gasteiger partial charge on any atom is 0.294 e. The maximum absolute atomic E-state index is 12.7. The van der Waals surface area contributed by atoms with Crippen molar-refractivity contribution in [3.05, 3.63) is 52.6 Å². The minimum atomic E-state index is -0.445. The lowest BCUT2D eigenvalue weighted by atomic mass is 10.1. The van der Waals surface area contributed by atoms with Gasteiger partial charge in [-0.2, -0.15) is 0 Å². The van der Waals surface area contributed by atoms with Crippen molar-refractivity contribution in [3.63, 3.8) is 0 Å². The Kier molecular flexibility index (Phi) is 6.34. The summed E-state index contributed by atoms with van der Waals surface area (Å²) in [5.74, 6) is -0.120. The van der Waals surface area contributed by atoms with Crippen molar-refractivity contribution >= 4 is 46.7 Å². The monoisotopic (exact) mass is 442 g/mol. The Hall–Kier alpha value is -2.45. The van der Waals surface area contributed by atoms with Gasteiger partial charge in [0.1, 0.15) is 12.3 Å². The van der Waals surface area contributed by atoms with Crippen molar-refractivity contribution in [2.24, 2.45) is 0 Å². The van der Waals surface area contributed by atoms with Gasteiger partial charge in [-0.15, -0.1) is 0 Å². The van der Waals surface area contributed by atoms with Crippen LogP contribution in [0.3, 0.4) is 0 Å². The highest BCUT2D eigenvalue weighted by Gasteiger charge is 2.37. The number of hydrogen-bond acceptors (Lipinski definition) is 6. The Balaban J connectivity index is 1.41. The van der Waals surface area contributed by atoms with Gasteiger partial charge < -0.3 is 9.32 Å². The molecule has 156 valence electrons. The van der Waals surface area contributed by atoms with Crippen LogP contribution in [0.2, 0.25) is 0 Å². The minimum absolute atomic E-state index is 0.173. The van der Waals surface area contributed by atoms with Crippen LogP contribution in [0.4, 0.5) is 4.79 Å². The molecule has 0 unspecified atom stereocenters. The van der Waals surface area contributed by atoms with Crippen molar-refractivity contribution in [1.29, 1.82) is 0 Å². The smallest absolute Gasteiger partial charge is 0.294 e. The Morgan fingerprint density at radius 3 is 2.57 bits per heavy atom. The molecule has 0 radical (unpaired) electrons. The summed E-state index contributed by atoms with van der Waals surface area (Å²) in [6.07, 6.45) is 4.61. The predicted molar refractivity (Wildman–Crippen MR) is 117 cm³/mol. The largest absolute Gasteiger partial charge is 0.450 e. The van der Waals surface area contributed by atoms with Crippen molar-refractivity contribution in [2.75, 3.05) is 19.6 Å². The first-order valence-corrected chi connectivity index (χ1v) is 11.5. The molecule has 2 aliphatic heterocycles. The number of aryl methyl sites for hydroxylation is 1. The Morgan fingerprint density at radius 1 is 1.10 bits per heavy atom. The van der Waals surface area contributed by atoms with Crippen LogP contribution in [0.25, 0.3) is 6.08 Å². The fourth-order valence-corrected chi connectivity index (χ4v) is 4.93. The van der Waals surface area contributed by atoms with Crippen LogP contribution < -0.4 is 0 Å². The quantitative estimate of drug-likeness (QED) is 0.620. The Labute approximate surface area is 183 Å². The van der Waals surface area contributed by atoms with E-state index in [4.69, 9.17) is 4.42 Å². The van der Waals surface area contributed by atoms with Crippen LogP contribution in [0.15, 0.2) is 55.7 Å². The zero-order valence-electron chi connectivity index (χ0n) is 16.6. The third kappa shape index (κ3) is 4.82. The summed E-state index contributed by atoms with van der Waals surface area (Å²) in [6.45, 7) is 3.22. The average molecular weight is 443 g/mol. The molecule has 0 bridgehead atoms. The molecule has 6 nitrogen and oxygen atoms in total. The molecule has 2 saturated heterocycles. The number of rotatable bonds is 5. The average Bonchev–Trinajstić information content (AvgIpc) is 3.29. The normalized spacial score (nSPS) is 18.5. The van der Waals surface area contributed by atoms with E-state index < -0.39 is 11.1 Å². The summed E-state index contributed by atoms with van der Waals surface area (Å²) in [5, 5.41) is 0.280. The van der Waals surface area contributed by atoms with E-state index in [1.165, 1.54) is 17.3 Å². The first kappa shape index (κ1) is 20.8. The highest BCUT2D eigenvalue weighted by atomic mass is 32.2. The summed E-state index contributed by atoms with van der Waals surface area (Å²) in [4.78, 5) is 41.5. The molecular weight excluding hydrogens is 420 g/mol. The number of carbonyl (C=O) groups is 3. The van der Waals surface area contributed by atoms with Crippen molar-refractivity contribution in [1.82, 2.24) is 9.80 Å². The number of carbonyl (C=O) groups excluding carboxylic acids is 3. The van der Waals surface area contributed by atoms with Gasteiger partial charge in [-0.3, -0.25) is 19.3 Å². The molecule has 3 amide bonds. The van der Waals surface area contributed by atoms with Gasteiger partial charge in [0.15, 0.2) is 5.09 Å². The van der Waals surface area contributed by atoms with Crippen LogP contribution in [0.5, 0.6) is 0 Å². The Bertz CT molecular complexity index is 991. The van der Waals surface area contributed by atoms with E-state index in [-0.39, 0.29) is 17.4 Å². The number of imide groups is 1. The zero-order chi connectivity index (χ0) is 21.1. The molecule has 3 heterocycles. The van der Waals surface area contributed by atoms with Gasteiger partial charge in [0, 0.05) is 24.1 Å². The lowest BCUT2D eigenvalue weighted by Gasteiger charge is -2.27. The first-order valence-electron chi connectivity index (χ1n) is 9.87. The van der Waals surface area contributed by atoms with Gasteiger partial charge in [0.2, 0.25) is 5.91 Å². The molecule has 0 aliphatic carbocycles. The number of furan rings is 1. The summed E-state index contributed by atoms with van der Waals surface area (Å²) in [7, 11) is 0. The molecule has 8 heteroatoms. The second kappa shape index (κ2) is 9.14.